The lowest BCUT2D eigenvalue weighted by Gasteiger charge is -2.06. The standard InChI is InChI=1S/C23H33FO3/c1-3-4-5-6-7-8-9-10-11-12-13-14-19-17-18-15-16-20(26-2)22(24)21(18)23(25)27-19/h15-17H,3-14H2,1-2H3. The van der Waals surface area contributed by atoms with E-state index in [2.05, 4.69) is 6.92 Å². The van der Waals surface area contributed by atoms with Crippen molar-refractivity contribution in [3.05, 3.63) is 40.2 Å². The maximum atomic E-state index is 14.2. The molecule has 27 heavy (non-hydrogen) atoms. The molecule has 1 heterocycles. The molecule has 0 aliphatic rings. The number of hydrogen-bond acceptors (Lipinski definition) is 3. The Labute approximate surface area is 161 Å². The molecule has 2 rings (SSSR count). The van der Waals surface area contributed by atoms with E-state index >= 15 is 0 Å². The molecular weight excluding hydrogens is 343 g/mol. The maximum Gasteiger partial charge on any atom is 0.346 e. The van der Waals surface area contributed by atoms with Gasteiger partial charge in [0.2, 0.25) is 0 Å². The normalized spacial score (nSPS) is 11.2. The van der Waals surface area contributed by atoms with E-state index in [-0.39, 0.29) is 11.1 Å². The minimum absolute atomic E-state index is 0.0305. The molecule has 0 spiro atoms. The Bertz CT molecular complexity index is 751. The van der Waals surface area contributed by atoms with Crippen LogP contribution >= 0.6 is 0 Å². The molecule has 0 aliphatic carbocycles. The fourth-order valence-electron chi connectivity index (χ4n) is 3.52. The SMILES string of the molecule is CCCCCCCCCCCCCc1cc2ccc(OC)c(F)c2c(=O)o1. The van der Waals surface area contributed by atoms with Crippen LogP contribution in [0.2, 0.25) is 0 Å². The number of methoxy groups -OCH3 is 1. The van der Waals surface area contributed by atoms with Gasteiger partial charge in [0, 0.05) is 6.42 Å². The largest absolute Gasteiger partial charge is 0.494 e. The lowest BCUT2D eigenvalue weighted by atomic mass is 10.0. The van der Waals surface area contributed by atoms with Crippen molar-refractivity contribution in [1.29, 1.82) is 0 Å². The quantitative estimate of drug-likeness (QED) is 0.361. The van der Waals surface area contributed by atoms with Crippen LogP contribution in [0.3, 0.4) is 0 Å². The van der Waals surface area contributed by atoms with Gasteiger partial charge in [-0.25, -0.2) is 9.18 Å². The minimum atomic E-state index is -0.648. The number of benzene rings is 1. The van der Waals surface area contributed by atoms with Crippen LogP contribution in [0.15, 0.2) is 27.4 Å². The smallest absolute Gasteiger partial charge is 0.346 e. The highest BCUT2D eigenvalue weighted by atomic mass is 19.1. The van der Waals surface area contributed by atoms with E-state index < -0.39 is 11.4 Å². The average molecular weight is 377 g/mol. The number of aryl methyl sites for hydroxylation is 1. The van der Waals surface area contributed by atoms with E-state index in [0.29, 0.717) is 11.1 Å². The fraction of sp³-hybridized carbons (Fsp3) is 0.609. The van der Waals surface area contributed by atoms with Gasteiger partial charge >= 0.3 is 5.63 Å². The van der Waals surface area contributed by atoms with Crippen LogP contribution in [0, 0.1) is 5.82 Å². The molecule has 0 amide bonds. The zero-order chi connectivity index (χ0) is 19.5. The summed E-state index contributed by atoms with van der Waals surface area (Å²) in [4.78, 5) is 12.1. The highest BCUT2D eigenvalue weighted by Crippen LogP contribution is 2.25. The van der Waals surface area contributed by atoms with E-state index in [1.54, 1.807) is 18.2 Å². The van der Waals surface area contributed by atoms with E-state index in [9.17, 15) is 9.18 Å². The Morgan fingerprint density at radius 2 is 1.52 bits per heavy atom. The van der Waals surface area contributed by atoms with Crippen LogP contribution in [0.5, 0.6) is 5.75 Å². The second-order valence-corrected chi connectivity index (χ2v) is 7.33. The zero-order valence-electron chi connectivity index (χ0n) is 16.8. The van der Waals surface area contributed by atoms with Crippen molar-refractivity contribution in [2.24, 2.45) is 0 Å². The molecule has 0 radical (unpaired) electrons. The Kier molecular flexibility index (Phi) is 9.37. The summed E-state index contributed by atoms with van der Waals surface area (Å²) in [5.41, 5.74) is -0.623. The number of halogens is 1. The number of hydrogen-bond donors (Lipinski definition) is 0. The molecule has 0 saturated heterocycles. The predicted molar refractivity (Wildman–Crippen MR) is 109 cm³/mol. The summed E-state index contributed by atoms with van der Waals surface area (Å²) in [6.07, 6.45) is 14.8. The van der Waals surface area contributed by atoms with Gasteiger partial charge in [-0.15, -0.1) is 0 Å². The van der Waals surface area contributed by atoms with Crippen molar-refractivity contribution in [2.75, 3.05) is 7.11 Å². The lowest BCUT2D eigenvalue weighted by Crippen LogP contribution is -2.05. The topological polar surface area (TPSA) is 39.4 Å². The van der Waals surface area contributed by atoms with Gasteiger partial charge in [0.25, 0.3) is 0 Å². The Morgan fingerprint density at radius 1 is 0.926 bits per heavy atom. The third kappa shape index (κ3) is 6.67. The van der Waals surface area contributed by atoms with Crippen molar-refractivity contribution < 1.29 is 13.5 Å². The molecule has 2 aromatic rings. The second kappa shape index (κ2) is 11.8. The summed E-state index contributed by atoms with van der Waals surface area (Å²) >= 11 is 0. The number of unbranched alkanes of at least 4 members (excludes halogenated alkanes) is 10. The molecule has 0 saturated carbocycles. The minimum Gasteiger partial charge on any atom is -0.494 e. The molecular formula is C23H33FO3. The first-order valence-corrected chi connectivity index (χ1v) is 10.5. The second-order valence-electron chi connectivity index (χ2n) is 7.33. The van der Waals surface area contributed by atoms with Gasteiger partial charge in [-0.05, 0) is 23.9 Å². The monoisotopic (exact) mass is 376 g/mol. The van der Waals surface area contributed by atoms with E-state index in [4.69, 9.17) is 9.15 Å². The first kappa shape index (κ1) is 21.5. The van der Waals surface area contributed by atoms with Gasteiger partial charge in [0.15, 0.2) is 11.6 Å². The first-order valence-electron chi connectivity index (χ1n) is 10.5. The molecule has 0 bridgehead atoms. The fourth-order valence-corrected chi connectivity index (χ4v) is 3.52. The Balaban J connectivity index is 1.71. The van der Waals surface area contributed by atoms with Crippen molar-refractivity contribution in [3.63, 3.8) is 0 Å². The number of rotatable bonds is 13. The van der Waals surface area contributed by atoms with Gasteiger partial charge in [-0.3, -0.25) is 0 Å². The van der Waals surface area contributed by atoms with Gasteiger partial charge in [0.1, 0.15) is 11.1 Å². The number of fused-ring (bicyclic) bond motifs is 1. The summed E-state index contributed by atoms with van der Waals surface area (Å²) in [6, 6.07) is 5.02. The van der Waals surface area contributed by atoms with Crippen molar-refractivity contribution in [1.82, 2.24) is 0 Å². The summed E-state index contributed by atoms with van der Waals surface area (Å²) in [5, 5.41) is 0.541. The maximum absolute atomic E-state index is 14.2. The van der Waals surface area contributed by atoms with E-state index in [1.807, 2.05) is 0 Å². The molecule has 1 aromatic heterocycles. The van der Waals surface area contributed by atoms with Crippen molar-refractivity contribution >= 4 is 10.8 Å². The van der Waals surface area contributed by atoms with Crippen LogP contribution in [-0.2, 0) is 6.42 Å². The van der Waals surface area contributed by atoms with Crippen LogP contribution < -0.4 is 10.4 Å². The van der Waals surface area contributed by atoms with Crippen molar-refractivity contribution in [2.45, 2.75) is 84.0 Å². The van der Waals surface area contributed by atoms with E-state index in [1.165, 1.54) is 64.9 Å². The molecule has 3 nitrogen and oxygen atoms in total. The zero-order valence-corrected chi connectivity index (χ0v) is 16.8. The van der Waals surface area contributed by atoms with Crippen LogP contribution in [0.1, 0.15) is 83.3 Å². The molecule has 0 N–H and O–H groups in total. The number of ether oxygens (including phenoxy) is 1. The van der Waals surface area contributed by atoms with Gasteiger partial charge in [-0.2, -0.15) is 0 Å². The summed E-state index contributed by atoms with van der Waals surface area (Å²) < 4.78 is 24.5. The highest BCUT2D eigenvalue weighted by Gasteiger charge is 2.13. The summed E-state index contributed by atoms with van der Waals surface area (Å²) in [5.74, 6) is 0.0471. The third-order valence-electron chi connectivity index (χ3n) is 5.13. The summed E-state index contributed by atoms with van der Waals surface area (Å²) in [7, 11) is 1.38. The van der Waals surface area contributed by atoms with Crippen LogP contribution in [-0.4, -0.2) is 7.11 Å². The third-order valence-corrected chi connectivity index (χ3v) is 5.13. The van der Waals surface area contributed by atoms with Crippen LogP contribution in [0.25, 0.3) is 10.8 Å². The molecule has 0 unspecified atom stereocenters. The van der Waals surface area contributed by atoms with Gasteiger partial charge in [-0.1, -0.05) is 77.2 Å². The van der Waals surface area contributed by atoms with Crippen LogP contribution in [0.4, 0.5) is 4.39 Å². The Morgan fingerprint density at radius 3 is 2.11 bits per heavy atom. The summed E-state index contributed by atoms with van der Waals surface area (Å²) in [6.45, 7) is 2.25. The molecule has 150 valence electrons. The molecule has 1 aromatic carbocycles. The van der Waals surface area contributed by atoms with Gasteiger partial charge in [0.05, 0.1) is 7.11 Å². The highest BCUT2D eigenvalue weighted by molar-refractivity contribution is 5.83. The van der Waals surface area contributed by atoms with Crippen molar-refractivity contribution in [3.8, 4) is 5.75 Å². The lowest BCUT2D eigenvalue weighted by molar-refractivity contribution is 0.387. The molecule has 0 atom stereocenters. The van der Waals surface area contributed by atoms with Gasteiger partial charge < -0.3 is 9.15 Å². The Hall–Kier alpha value is -1.84. The predicted octanol–water partition coefficient (Wildman–Crippen LogP) is 6.79. The molecule has 4 heteroatoms. The average Bonchev–Trinajstić information content (AvgIpc) is 2.66. The molecule has 0 fully saturated rings. The molecule has 0 aliphatic heterocycles. The van der Waals surface area contributed by atoms with E-state index in [0.717, 1.165) is 19.3 Å². The first-order chi connectivity index (χ1) is 13.2.